The summed E-state index contributed by atoms with van der Waals surface area (Å²) in [5.41, 5.74) is 2.22. The van der Waals surface area contributed by atoms with E-state index in [-0.39, 0.29) is 5.56 Å². The third-order valence-electron chi connectivity index (χ3n) is 3.93. The van der Waals surface area contributed by atoms with Gasteiger partial charge in [-0.25, -0.2) is 4.68 Å². The highest BCUT2D eigenvalue weighted by Gasteiger charge is 2.19. The van der Waals surface area contributed by atoms with Crippen LogP contribution in [-0.4, -0.2) is 19.2 Å². The van der Waals surface area contributed by atoms with Gasteiger partial charge in [0.05, 0.1) is 15.9 Å². The summed E-state index contributed by atoms with van der Waals surface area (Å²) in [6.45, 7) is 0. The summed E-state index contributed by atoms with van der Waals surface area (Å²) >= 11 is 3.67. The number of fused-ring (bicyclic) bond motifs is 4. The summed E-state index contributed by atoms with van der Waals surface area (Å²) < 4.78 is 5.27. The molecule has 24 heavy (non-hydrogen) atoms. The van der Waals surface area contributed by atoms with Gasteiger partial charge in [0.2, 0.25) is 0 Å². The average molecular weight is 444 g/mol. The molecule has 0 aliphatic heterocycles. The Morgan fingerprint density at radius 3 is 2.58 bits per heavy atom. The van der Waals surface area contributed by atoms with E-state index in [9.17, 15) is 4.79 Å². The number of rotatable bonds is 1. The minimum absolute atomic E-state index is 0.0703. The molecule has 5 aromatic rings. The Morgan fingerprint density at radius 2 is 1.75 bits per heavy atom. The van der Waals surface area contributed by atoms with Gasteiger partial charge < -0.3 is 0 Å². The molecule has 5 nitrogen and oxygen atoms in total. The lowest BCUT2D eigenvalue weighted by atomic mass is 10.3. The van der Waals surface area contributed by atoms with Crippen LogP contribution in [-0.2, 0) is 0 Å². The Bertz CT molecular complexity index is 1290. The van der Waals surface area contributed by atoms with E-state index in [4.69, 9.17) is 0 Å². The fourth-order valence-electron chi connectivity index (χ4n) is 2.84. The second-order valence-electron chi connectivity index (χ2n) is 5.34. The van der Waals surface area contributed by atoms with Crippen LogP contribution in [0.5, 0.6) is 0 Å². The second kappa shape index (κ2) is 5.12. The first-order valence-corrected chi connectivity index (χ1v) is 9.17. The van der Waals surface area contributed by atoms with Crippen molar-refractivity contribution in [1.82, 2.24) is 19.2 Å². The molecule has 3 aromatic heterocycles. The maximum Gasteiger partial charge on any atom is 0.271 e. The topological polar surface area (TPSA) is 52.2 Å². The molecular weight excluding hydrogens is 435 g/mol. The Hall–Kier alpha value is -2.26. The van der Waals surface area contributed by atoms with Crippen LogP contribution in [0.25, 0.3) is 31.9 Å². The van der Waals surface area contributed by atoms with Gasteiger partial charge in [-0.15, -0.1) is 5.10 Å². The molecule has 116 valence electrons. The summed E-state index contributed by atoms with van der Waals surface area (Å²) in [4.78, 5) is 18.4. The zero-order valence-electron chi connectivity index (χ0n) is 12.2. The van der Waals surface area contributed by atoms with Crippen molar-refractivity contribution >= 4 is 60.1 Å². The van der Waals surface area contributed by atoms with Crippen molar-refractivity contribution < 1.29 is 0 Å². The summed E-state index contributed by atoms with van der Waals surface area (Å²) in [7, 11) is 0. The molecular formula is C17H9IN4OS. The number of para-hydroxylation sites is 2. The van der Waals surface area contributed by atoms with E-state index in [1.807, 2.05) is 54.6 Å². The van der Waals surface area contributed by atoms with E-state index in [0.717, 1.165) is 19.6 Å². The summed E-state index contributed by atoms with van der Waals surface area (Å²) in [6.07, 6.45) is 0. The molecule has 3 heterocycles. The summed E-state index contributed by atoms with van der Waals surface area (Å²) in [5.74, 6) is 0. The van der Waals surface area contributed by atoms with Gasteiger partial charge in [-0.2, -0.15) is 4.98 Å². The molecule has 5 rings (SSSR count). The van der Waals surface area contributed by atoms with Crippen molar-refractivity contribution in [3.05, 3.63) is 68.7 Å². The maximum atomic E-state index is 13.1. The van der Waals surface area contributed by atoms with Gasteiger partial charge in [-0.1, -0.05) is 41.7 Å². The molecule has 7 heteroatoms. The molecule has 0 aliphatic rings. The van der Waals surface area contributed by atoms with Gasteiger partial charge in [0.25, 0.3) is 5.56 Å². The number of aromatic nitrogens is 4. The highest BCUT2D eigenvalue weighted by Crippen LogP contribution is 2.26. The van der Waals surface area contributed by atoms with Crippen LogP contribution in [0.4, 0.5) is 0 Å². The highest BCUT2D eigenvalue weighted by molar-refractivity contribution is 14.1. The largest absolute Gasteiger partial charge is 0.271 e. The normalized spacial score (nSPS) is 11.7. The predicted octanol–water partition coefficient (Wildman–Crippen LogP) is 3.85. The number of thiazole rings is 1. The Morgan fingerprint density at radius 1 is 1.00 bits per heavy atom. The summed E-state index contributed by atoms with van der Waals surface area (Å²) in [5, 5.41) is 5.11. The monoisotopic (exact) mass is 444 g/mol. The molecule has 0 fully saturated rings. The Balaban J connectivity index is 1.94. The molecule has 2 aromatic carbocycles. The van der Waals surface area contributed by atoms with Crippen LogP contribution < -0.4 is 5.56 Å². The van der Waals surface area contributed by atoms with Crippen molar-refractivity contribution in [1.29, 1.82) is 0 Å². The molecule has 0 unspecified atom stereocenters. The quantitative estimate of drug-likeness (QED) is 0.369. The van der Waals surface area contributed by atoms with Crippen molar-refractivity contribution in [3.8, 4) is 5.69 Å². The van der Waals surface area contributed by atoms with Crippen LogP contribution >= 0.6 is 33.9 Å². The lowest BCUT2D eigenvalue weighted by molar-refractivity contribution is 0.868. The van der Waals surface area contributed by atoms with Crippen molar-refractivity contribution in [2.75, 3.05) is 0 Å². The fourth-order valence-corrected chi connectivity index (χ4v) is 4.71. The first-order valence-electron chi connectivity index (χ1n) is 7.28. The highest BCUT2D eigenvalue weighted by atomic mass is 127. The third kappa shape index (κ3) is 1.88. The van der Waals surface area contributed by atoms with Crippen LogP contribution in [0, 0.1) is 3.70 Å². The molecule has 0 N–H and O–H groups in total. The molecule has 0 bridgehead atoms. The van der Waals surface area contributed by atoms with Gasteiger partial charge in [0.1, 0.15) is 9.09 Å². The van der Waals surface area contributed by atoms with Gasteiger partial charge in [0.15, 0.2) is 10.6 Å². The Kier molecular flexibility index (Phi) is 3.01. The first kappa shape index (κ1) is 14.1. The lowest BCUT2D eigenvalue weighted by Gasteiger charge is -2.01. The van der Waals surface area contributed by atoms with E-state index < -0.39 is 0 Å². The van der Waals surface area contributed by atoms with E-state index >= 15 is 0 Å². The van der Waals surface area contributed by atoms with Crippen LogP contribution in [0.2, 0.25) is 0 Å². The molecule has 0 aliphatic carbocycles. The second-order valence-corrected chi connectivity index (χ2v) is 7.37. The number of nitrogens with zero attached hydrogens (tertiary/aromatic N) is 4. The van der Waals surface area contributed by atoms with E-state index in [2.05, 4.69) is 32.7 Å². The van der Waals surface area contributed by atoms with E-state index in [1.54, 1.807) is 9.08 Å². The molecule has 0 radical (unpaired) electrons. The van der Waals surface area contributed by atoms with Crippen molar-refractivity contribution in [2.45, 2.75) is 0 Å². The molecule has 0 amide bonds. The van der Waals surface area contributed by atoms with Gasteiger partial charge >= 0.3 is 0 Å². The zero-order valence-corrected chi connectivity index (χ0v) is 15.2. The van der Waals surface area contributed by atoms with Gasteiger partial charge in [0, 0.05) is 0 Å². The lowest BCUT2D eigenvalue weighted by Crippen LogP contribution is -2.13. The third-order valence-corrected chi connectivity index (χ3v) is 5.95. The van der Waals surface area contributed by atoms with Gasteiger partial charge in [-0.3, -0.25) is 9.20 Å². The number of benzene rings is 2. The molecule has 0 saturated carbocycles. The van der Waals surface area contributed by atoms with Crippen molar-refractivity contribution in [2.24, 2.45) is 0 Å². The first-order chi connectivity index (χ1) is 11.7. The SMILES string of the molecule is O=c1c2c(I)n(-c3ccccc3)nc2nc2sc3ccccc3n12. The van der Waals surface area contributed by atoms with E-state index in [1.165, 1.54) is 11.3 Å². The number of hydrogen-bond acceptors (Lipinski definition) is 4. The number of hydrogen-bond donors (Lipinski definition) is 0. The summed E-state index contributed by atoms with van der Waals surface area (Å²) in [6, 6.07) is 17.6. The molecule has 0 atom stereocenters. The maximum absolute atomic E-state index is 13.1. The van der Waals surface area contributed by atoms with Gasteiger partial charge in [-0.05, 0) is 46.9 Å². The molecule has 0 spiro atoms. The van der Waals surface area contributed by atoms with Crippen molar-refractivity contribution in [3.63, 3.8) is 0 Å². The smallest absolute Gasteiger partial charge is 0.268 e. The average Bonchev–Trinajstić information content (AvgIpc) is 3.14. The van der Waals surface area contributed by atoms with Crippen LogP contribution in [0.3, 0.4) is 0 Å². The number of halogens is 1. The standard InChI is InChI=1S/C17H9IN4OS/c18-14-13-15(20-22(14)10-6-2-1-3-7-10)19-17-21(16(13)23)11-8-4-5-9-12(11)24-17/h1-9H. The minimum atomic E-state index is -0.0703. The van der Waals surface area contributed by atoms with Crippen LogP contribution in [0.15, 0.2) is 59.4 Å². The van der Waals surface area contributed by atoms with E-state index in [0.29, 0.717) is 16.0 Å². The predicted molar refractivity (Wildman–Crippen MR) is 104 cm³/mol. The van der Waals surface area contributed by atoms with Crippen LogP contribution in [0.1, 0.15) is 0 Å². The minimum Gasteiger partial charge on any atom is -0.268 e. The fraction of sp³-hybridized carbons (Fsp3) is 0. The zero-order chi connectivity index (χ0) is 16.3. The molecule has 0 saturated heterocycles. The Labute approximate surface area is 153 Å².